The van der Waals surface area contributed by atoms with Gasteiger partial charge in [0.15, 0.2) is 0 Å². The maximum absolute atomic E-state index is 12.8. The number of hydrogen-bond acceptors (Lipinski definition) is 6. The van der Waals surface area contributed by atoms with Crippen LogP contribution in [0.4, 0.5) is 23.4 Å². The molecule has 7 nitrogen and oxygen atoms in total. The summed E-state index contributed by atoms with van der Waals surface area (Å²) in [7, 11) is 0. The highest BCUT2D eigenvalue weighted by molar-refractivity contribution is 5.60. The van der Waals surface area contributed by atoms with Crippen molar-refractivity contribution in [3.8, 4) is 0 Å². The molecule has 1 aliphatic rings. The lowest BCUT2D eigenvalue weighted by atomic mass is 9.92. The third-order valence-corrected chi connectivity index (χ3v) is 5.29. The molecule has 0 amide bonds. The average molecular weight is 405 g/mol. The summed E-state index contributed by atoms with van der Waals surface area (Å²) < 4.78 is 1.75. The minimum atomic E-state index is -0.207. The normalized spacial score (nSPS) is 13.8. The Hall–Kier alpha value is -3.22. The lowest BCUT2D eigenvalue weighted by Gasteiger charge is -2.32. The van der Waals surface area contributed by atoms with E-state index in [1.165, 1.54) is 0 Å². The average Bonchev–Trinajstić information content (AvgIpc) is 2.74. The maximum atomic E-state index is 12.8. The van der Waals surface area contributed by atoms with Crippen molar-refractivity contribution in [1.82, 2.24) is 19.5 Å². The molecule has 1 aromatic carbocycles. The number of anilines is 4. The van der Waals surface area contributed by atoms with E-state index in [0.29, 0.717) is 18.4 Å². The highest BCUT2D eigenvalue weighted by Gasteiger charge is 2.26. The molecule has 4 rings (SSSR count). The Kier molecular flexibility index (Phi) is 5.28. The summed E-state index contributed by atoms with van der Waals surface area (Å²) in [6.07, 6.45) is 2.63. The molecule has 0 saturated heterocycles. The van der Waals surface area contributed by atoms with Gasteiger partial charge in [0.1, 0.15) is 5.82 Å². The van der Waals surface area contributed by atoms with Gasteiger partial charge >= 0.3 is 0 Å². The zero-order chi connectivity index (χ0) is 21.3. The molecule has 2 aromatic heterocycles. The van der Waals surface area contributed by atoms with Gasteiger partial charge in [-0.15, -0.1) is 0 Å². The van der Waals surface area contributed by atoms with Crippen molar-refractivity contribution in [3.63, 3.8) is 0 Å². The van der Waals surface area contributed by atoms with Crippen molar-refractivity contribution < 1.29 is 0 Å². The van der Waals surface area contributed by atoms with E-state index in [1.807, 2.05) is 41.3 Å². The Bertz CT molecular complexity index is 1090. The Morgan fingerprint density at radius 3 is 2.53 bits per heavy atom. The van der Waals surface area contributed by atoms with Gasteiger partial charge in [-0.1, -0.05) is 39.0 Å². The van der Waals surface area contributed by atoms with Gasteiger partial charge in [0.25, 0.3) is 5.56 Å². The van der Waals surface area contributed by atoms with Gasteiger partial charge in [0.05, 0.1) is 5.69 Å². The number of nitrogens with zero attached hydrogens (tertiary/aromatic N) is 6. The highest BCUT2D eigenvalue weighted by Crippen LogP contribution is 2.30. The summed E-state index contributed by atoms with van der Waals surface area (Å²) in [6, 6.07) is 13.6. The van der Waals surface area contributed by atoms with E-state index in [0.717, 1.165) is 36.7 Å². The SMILES string of the molecule is CCN(c1ccccc1)c1nccc(N2CCCn3c2nc(C(C)(C)C)cc3=O)n1. The van der Waals surface area contributed by atoms with Crippen LogP contribution in [0.5, 0.6) is 0 Å². The van der Waals surface area contributed by atoms with Crippen LogP contribution in [-0.2, 0) is 12.0 Å². The second-order valence-corrected chi connectivity index (χ2v) is 8.48. The van der Waals surface area contributed by atoms with Crippen molar-refractivity contribution in [2.75, 3.05) is 22.9 Å². The van der Waals surface area contributed by atoms with Crippen LogP contribution in [0.25, 0.3) is 0 Å². The molecule has 3 aromatic rings. The molecular weight excluding hydrogens is 376 g/mol. The molecule has 0 fully saturated rings. The van der Waals surface area contributed by atoms with Crippen LogP contribution < -0.4 is 15.4 Å². The Morgan fingerprint density at radius 2 is 1.83 bits per heavy atom. The molecule has 1 aliphatic heterocycles. The van der Waals surface area contributed by atoms with E-state index in [9.17, 15) is 4.79 Å². The molecule has 0 saturated carbocycles. The van der Waals surface area contributed by atoms with E-state index in [2.05, 4.69) is 37.6 Å². The summed E-state index contributed by atoms with van der Waals surface area (Å²) in [6.45, 7) is 10.5. The molecule has 156 valence electrons. The van der Waals surface area contributed by atoms with Crippen molar-refractivity contribution >= 4 is 23.4 Å². The van der Waals surface area contributed by atoms with Gasteiger partial charge < -0.3 is 4.90 Å². The lowest BCUT2D eigenvalue weighted by Crippen LogP contribution is -2.38. The van der Waals surface area contributed by atoms with Gasteiger partial charge in [-0.3, -0.25) is 14.3 Å². The first-order valence-corrected chi connectivity index (χ1v) is 10.4. The quantitative estimate of drug-likeness (QED) is 0.654. The van der Waals surface area contributed by atoms with Crippen molar-refractivity contribution in [1.29, 1.82) is 0 Å². The lowest BCUT2D eigenvalue weighted by molar-refractivity contribution is 0.524. The predicted octanol–water partition coefficient (Wildman–Crippen LogP) is 4.03. The summed E-state index contributed by atoms with van der Waals surface area (Å²) in [5.74, 6) is 2.04. The molecule has 0 N–H and O–H groups in total. The third-order valence-electron chi connectivity index (χ3n) is 5.29. The zero-order valence-electron chi connectivity index (χ0n) is 18.0. The fraction of sp³-hybridized carbons (Fsp3) is 0.391. The second kappa shape index (κ2) is 7.89. The van der Waals surface area contributed by atoms with Crippen LogP contribution in [0.3, 0.4) is 0 Å². The van der Waals surface area contributed by atoms with E-state index in [1.54, 1.807) is 16.8 Å². The number of fused-ring (bicyclic) bond motifs is 1. The van der Waals surface area contributed by atoms with E-state index in [4.69, 9.17) is 9.97 Å². The van der Waals surface area contributed by atoms with Crippen molar-refractivity contribution in [3.05, 3.63) is 64.7 Å². The molecule has 0 radical (unpaired) electrons. The minimum Gasteiger partial charge on any atom is -0.311 e. The molecular formula is C23H28N6O. The summed E-state index contributed by atoms with van der Waals surface area (Å²) in [5.41, 5.74) is 1.62. The van der Waals surface area contributed by atoms with Crippen LogP contribution in [-0.4, -0.2) is 32.6 Å². The zero-order valence-corrected chi connectivity index (χ0v) is 18.0. The highest BCUT2D eigenvalue weighted by atomic mass is 16.1. The third kappa shape index (κ3) is 3.79. The first-order valence-electron chi connectivity index (χ1n) is 10.4. The Balaban J connectivity index is 1.77. The van der Waals surface area contributed by atoms with E-state index in [-0.39, 0.29) is 11.0 Å². The first kappa shape index (κ1) is 20.1. The summed E-state index contributed by atoms with van der Waals surface area (Å²) in [5, 5.41) is 0. The topological polar surface area (TPSA) is 67.2 Å². The molecule has 0 aliphatic carbocycles. The number of para-hydroxylation sites is 1. The van der Waals surface area contributed by atoms with Gasteiger partial charge in [0.2, 0.25) is 11.9 Å². The van der Waals surface area contributed by atoms with Gasteiger partial charge in [-0.05, 0) is 31.5 Å². The number of hydrogen-bond donors (Lipinski definition) is 0. The smallest absolute Gasteiger partial charge is 0.255 e. The summed E-state index contributed by atoms with van der Waals surface area (Å²) >= 11 is 0. The first-order chi connectivity index (χ1) is 14.4. The molecule has 30 heavy (non-hydrogen) atoms. The Morgan fingerprint density at radius 1 is 1.07 bits per heavy atom. The van der Waals surface area contributed by atoms with Crippen LogP contribution in [0.1, 0.15) is 39.8 Å². The van der Waals surface area contributed by atoms with Crippen molar-refractivity contribution in [2.24, 2.45) is 0 Å². The number of benzene rings is 1. The number of rotatable bonds is 4. The molecule has 0 unspecified atom stereocenters. The van der Waals surface area contributed by atoms with Crippen LogP contribution >= 0.6 is 0 Å². The monoisotopic (exact) mass is 404 g/mol. The van der Waals surface area contributed by atoms with Crippen LogP contribution in [0.2, 0.25) is 0 Å². The van der Waals surface area contributed by atoms with Crippen LogP contribution in [0, 0.1) is 0 Å². The molecule has 0 bridgehead atoms. The summed E-state index contributed by atoms with van der Waals surface area (Å²) in [4.78, 5) is 31.1. The van der Waals surface area contributed by atoms with E-state index >= 15 is 0 Å². The fourth-order valence-corrected chi connectivity index (χ4v) is 3.67. The van der Waals surface area contributed by atoms with Crippen molar-refractivity contribution in [2.45, 2.75) is 46.1 Å². The van der Waals surface area contributed by atoms with Crippen LogP contribution in [0.15, 0.2) is 53.5 Å². The molecule has 0 spiro atoms. The standard InChI is InChI=1S/C23H28N6O/c1-5-27(17-10-7-6-8-11-17)21-24-13-12-19(26-21)28-14-9-15-29-20(30)16-18(23(2,3)4)25-22(28)29/h6-8,10-13,16H,5,9,14-15H2,1-4H3. The van der Waals surface area contributed by atoms with Gasteiger partial charge in [0, 0.05) is 43.0 Å². The minimum absolute atomic E-state index is 0.0108. The van der Waals surface area contributed by atoms with Gasteiger partial charge in [-0.25, -0.2) is 9.97 Å². The fourth-order valence-electron chi connectivity index (χ4n) is 3.67. The molecule has 0 atom stereocenters. The molecule has 7 heteroatoms. The largest absolute Gasteiger partial charge is 0.311 e. The number of aromatic nitrogens is 4. The predicted molar refractivity (Wildman–Crippen MR) is 120 cm³/mol. The molecule has 3 heterocycles. The maximum Gasteiger partial charge on any atom is 0.255 e. The second-order valence-electron chi connectivity index (χ2n) is 8.48. The Labute approximate surface area is 177 Å². The van der Waals surface area contributed by atoms with E-state index < -0.39 is 0 Å². The van der Waals surface area contributed by atoms with Gasteiger partial charge in [-0.2, -0.15) is 4.98 Å².